The van der Waals surface area contributed by atoms with Crippen LogP contribution >= 0.6 is 11.3 Å². The van der Waals surface area contributed by atoms with Crippen LogP contribution in [0.15, 0.2) is 60.5 Å². The molecule has 0 fully saturated rings. The first-order chi connectivity index (χ1) is 15.4. The van der Waals surface area contributed by atoms with Gasteiger partial charge in [0.2, 0.25) is 0 Å². The second-order valence-corrected chi connectivity index (χ2v) is 8.52. The predicted molar refractivity (Wildman–Crippen MR) is 123 cm³/mol. The zero-order valence-electron chi connectivity index (χ0n) is 18.0. The van der Waals surface area contributed by atoms with Crippen molar-refractivity contribution >= 4 is 17.2 Å². The number of benzene rings is 1. The number of thiazole rings is 1. The van der Waals surface area contributed by atoms with Crippen molar-refractivity contribution in [3.8, 4) is 11.3 Å². The summed E-state index contributed by atoms with van der Waals surface area (Å²) in [5.74, 6) is 0.408. The molecule has 2 N–H and O–H groups in total. The van der Waals surface area contributed by atoms with Crippen molar-refractivity contribution in [1.29, 1.82) is 0 Å². The highest BCUT2D eigenvalue weighted by Gasteiger charge is 2.19. The van der Waals surface area contributed by atoms with Crippen LogP contribution in [0.4, 0.5) is 0 Å². The molecule has 0 spiro atoms. The smallest absolute Gasteiger partial charge is 0.251 e. The number of aromatic nitrogens is 4. The number of nitrogens with one attached hydrogen (secondary N) is 1. The van der Waals surface area contributed by atoms with E-state index in [9.17, 15) is 9.90 Å². The average molecular weight is 446 g/mol. The fourth-order valence-corrected chi connectivity index (χ4v) is 3.88. The highest BCUT2D eigenvalue weighted by molar-refractivity contribution is 7.09. The second-order valence-electron chi connectivity index (χ2n) is 7.60. The van der Waals surface area contributed by atoms with Gasteiger partial charge < -0.3 is 10.4 Å². The highest BCUT2D eigenvalue weighted by Crippen LogP contribution is 2.29. The molecule has 0 aliphatic rings. The molecule has 4 rings (SSSR count). The first-order valence-electron chi connectivity index (χ1n) is 10.2. The van der Waals surface area contributed by atoms with E-state index in [-0.39, 0.29) is 11.9 Å². The number of amides is 1. The Morgan fingerprint density at radius 3 is 2.44 bits per heavy atom. The number of rotatable bonds is 6. The molecular formula is C24H23N5O2S. The van der Waals surface area contributed by atoms with Crippen LogP contribution in [0.2, 0.25) is 0 Å². The fraction of sp³-hybridized carbons (Fsp3) is 0.208. The maximum absolute atomic E-state index is 13.1. The first-order valence-corrected chi connectivity index (χ1v) is 11.0. The molecule has 4 aromatic rings. The van der Waals surface area contributed by atoms with E-state index in [1.54, 1.807) is 36.9 Å². The Kier molecular flexibility index (Phi) is 6.34. The van der Waals surface area contributed by atoms with Gasteiger partial charge in [0, 0.05) is 46.9 Å². The fourth-order valence-electron chi connectivity index (χ4n) is 3.23. The molecule has 3 aromatic heterocycles. The van der Waals surface area contributed by atoms with Gasteiger partial charge in [-0.1, -0.05) is 6.07 Å². The minimum absolute atomic E-state index is 0.264. The van der Waals surface area contributed by atoms with Gasteiger partial charge in [-0.15, -0.1) is 11.3 Å². The van der Waals surface area contributed by atoms with Crippen molar-refractivity contribution in [3.63, 3.8) is 0 Å². The van der Waals surface area contributed by atoms with Gasteiger partial charge in [0.1, 0.15) is 16.9 Å². The largest absolute Gasteiger partial charge is 0.381 e. The third-order valence-corrected chi connectivity index (χ3v) is 5.90. The number of aliphatic hydroxyl groups excluding tert-OH is 1. The van der Waals surface area contributed by atoms with Gasteiger partial charge in [-0.05, 0) is 56.2 Å². The molecule has 1 aromatic carbocycles. The van der Waals surface area contributed by atoms with Crippen LogP contribution in [0, 0.1) is 13.8 Å². The lowest BCUT2D eigenvalue weighted by atomic mass is 9.99. The molecule has 162 valence electrons. The zero-order valence-corrected chi connectivity index (χ0v) is 18.8. The van der Waals surface area contributed by atoms with Gasteiger partial charge in [0.05, 0.1) is 11.7 Å². The number of aliphatic hydroxyl groups is 1. The number of nitrogens with zero attached hydrogens (tertiary/aromatic N) is 4. The van der Waals surface area contributed by atoms with Crippen LogP contribution in [0.3, 0.4) is 0 Å². The van der Waals surface area contributed by atoms with E-state index < -0.39 is 6.10 Å². The van der Waals surface area contributed by atoms with Gasteiger partial charge >= 0.3 is 0 Å². The minimum Gasteiger partial charge on any atom is -0.381 e. The summed E-state index contributed by atoms with van der Waals surface area (Å²) < 4.78 is 0. The van der Waals surface area contributed by atoms with Gasteiger partial charge in [-0.3, -0.25) is 9.78 Å². The lowest BCUT2D eigenvalue weighted by Gasteiger charge is -2.16. The monoisotopic (exact) mass is 445 g/mol. The molecule has 0 aliphatic heterocycles. The molecule has 8 heteroatoms. The van der Waals surface area contributed by atoms with Crippen molar-refractivity contribution in [1.82, 2.24) is 25.3 Å². The summed E-state index contributed by atoms with van der Waals surface area (Å²) in [5, 5.41) is 16.2. The van der Waals surface area contributed by atoms with Crippen LogP contribution in [-0.4, -0.2) is 30.9 Å². The highest BCUT2D eigenvalue weighted by atomic mass is 32.1. The minimum atomic E-state index is -0.935. The lowest BCUT2D eigenvalue weighted by Crippen LogP contribution is -2.27. The van der Waals surface area contributed by atoms with Crippen molar-refractivity contribution in [2.45, 2.75) is 32.9 Å². The molecule has 3 heterocycles. The van der Waals surface area contributed by atoms with Gasteiger partial charge in [0.25, 0.3) is 5.91 Å². The zero-order chi connectivity index (χ0) is 22.7. The van der Waals surface area contributed by atoms with E-state index in [2.05, 4.69) is 25.3 Å². The molecule has 1 amide bonds. The molecule has 1 unspecified atom stereocenters. The molecular weight excluding hydrogens is 422 g/mol. The maximum Gasteiger partial charge on any atom is 0.251 e. The summed E-state index contributed by atoms with van der Waals surface area (Å²) in [6.07, 6.45) is 5.90. The van der Waals surface area contributed by atoms with Gasteiger partial charge in [0.15, 0.2) is 0 Å². The average Bonchev–Trinajstić information content (AvgIpc) is 3.34. The van der Waals surface area contributed by atoms with E-state index in [0.717, 1.165) is 22.4 Å². The van der Waals surface area contributed by atoms with E-state index >= 15 is 0 Å². The van der Waals surface area contributed by atoms with Gasteiger partial charge in [-0.25, -0.2) is 15.0 Å². The Labute approximate surface area is 190 Å². The number of hydrogen-bond acceptors (Lipinski definition) is 7. The summed E-state index contributed by atoms with van der Waals surface area (Å²) in [4.78, 5) is 30.2. The second kappa shape index (κ2) is 9.33. The standard InChI is InChI=1S/C24H23N5O2S/c1-14-4-5-21(28-11-14)17-8-18(22(30)24-25-6-7-32-24)10-19(9-17)23(31)29-15(2)20-12-26-16(3)27-13-20/h4-13,15,22,30H,1-3H3,(H,29,31)/t15-,22?/m1/s1. The summed E-state index contributed by atoms with van der Waals surface area (Å²) in [6, 6.07) is 8.90. The maximum atomic E-state index is 13.1. The summed E-state index contributed by atoms with van der Waals surface area (Å²) in [7, 11) is 0. The van der Waals surface area contributed by atoms with Crippen molar-refractivity contribution < 1.29 is 9.90 Å². The first kappa shape index (κ1) is 21.7. The molecule has 7 nitrogen and oxygen atoms in total. The number of hydrogen-bond donors (Lipinski definition) is 2. The third kappa shape index (κ3) is 4.87. The third-order valence-electron chi connectivity index (χ3n) is 5.07. The quantitative estimate of drug-likeness (QED) is 0.462. The number of carbonyl (C=O) groups is 1. The number of aryl methyl sites for hydroxylation is 2. The Morgan fingerprint density at radius 2 is 1.78 bits per heavy atom. The Morgan fingerprint density at radius 1 is 1.00 bits per heavy atom. The molecule has 0 radical (unpaired) electrons. The van der Waals surface area contributed by atoms with Crippen LogP contribution in [0.5, 0.6) is 0 Å². The van der Waals surface area contributed by atoms with Crippen LogP contribution in [0.1, 0.15) is 56.9 Å². The van der Waals surface area contributed by atoms with Crippen LogP contribution in [-0.2, 0) is 0 Å². The topological polar surface area (TPSA) is 101 Å². The van der Waals surface area contributed by atoms with Gasteiger partial charge in [-0.2, -0.15) is 0 Å². The van der Waals surface area contributed by atoms with Crippen molar-refractivity contribution in [2.75, 3.05) is 0 Å². The van der Waals surface area contributed by atoms with Crippen molar-refractivity contribution in [3.05, 3.63) is 93.6 Å². The van der Waals surface area contributed by atoms with E-state index in [4.69, 9.17) is 0 Å². The van der Waals surface area contributed by atoms with Crippen LogP contribution in [0.25, 0.3) is 11.3 Å². The van der Waals surface area contributed by atoms with E-state index in [1.807, 2.05) is 44.4 Å². The SMILES string of the molecule is Cc1ccc(-c2cc(C(=O)N[C@H](C)c3cnc(C)nc3)cc(C(O)c3nccs3)c2)nc1. The molecule has 2 atom stereocenters. The van der Waals surface area contributed by atoms with Crippen molar-refractivity contribution in [2.24, 2.45) is 0 Å². The predicted octanol–water partition coefficient (Wildman–Crippen LogP) is 4.18. The Bertz CT molecular complexity index is 1210. The number of pyridine rings is 1. The lowest BCUT2D eigenvalue weighted by molar-refractivity contribution is 0.0939. The summed E-state index contributed by atoms with van der Waals surface area (Å²) >= 11 is 1.36. The Hall–Kier alpha value is -3.49. The van der Waals surface area contributed by atoms with Crippen LogP contribution < -0.4 is 5.32 Å². The molecule has 0 aliphatic carbocycles. The summed E-state index contributed by atoms with van der Waals surface area (Å²) in [5.41, 5.74) is 4.32. The Balaban J connectivity index is 1.68. The summed E-state index contributed by atoms with van der Waals surface area (Å²) in [6.45, 7) is 5.66. The normalized spacial score (nSPS) is 12.9. The molecule has 0 bridgehead atoms. The van der Waals surface area contributed by atoms with E-state index in [1.165, 1.54) is 11.3 Å². The molecule has 0 saturated carbocycles. The van der Waals surface area contributed by atoms with E-state index in [0.29, 0.717) is 22.0 Å². The molecule has 0 saturated heterocycles. The number of carbonyl (C=O) groups excluding carboxylic acids is 1. The molecule has 32 heavy (non-hydrogen) atoms.